The predicted octanol–water partition coefficient (Wildman–Crippen LogP) is 2.54. The fourth-order valence-electron chi connectivity index (χ4n) is 4.14. The molecule has 0 unspecified atom stereocenters. The number of aromatic nitrogens is 1. The molecule has 3 heterocycles. The fourth-order valence-corrected chi connectivity index (χ4v) is 5.61. The summed E-state index contributed by atoms with van der Waals surface area (Å²) in [6.07, 6.45) is 5.05. The van der Waals surface area contributed by atoms with E-state index in [1.54, 1.807) is 6.20 Å². The highest BCUT2D eigenvalue weighted by Crippen LogP contribution is 2.24. The fraction of sp³-hybridized carbons (Fsp3) is 0.455. The zero-order chi connectivity index (χ0) is 21.8. The third-order valence-electron chi connectivity index (χ3n) is 5.98. The van der Waals surface area contributed by atoms with Crippen molar-refractivity contribution in [2.75, 3.05) is 31.1 Å². The standard InChI is InChI=1S/C22H27FN4O3S/c23-19-3-5-20(6-4-19)31(29,30)27-13-8-18(9-14-27)22(28)25-16-17-7-10-24-21(15-17)26-11-1-2-12-26/h3-7,10,15,18H,1-2,8-9,11-14,16H2,(H,25,28). The lowest BCUT2D eigenvalue weighted by molar-refractivity contribution is -0.126. The monoisotopic (exact) mass is 446 g/mol. The Morgan fingerprint density at radius 1 is 1.06 bits per heavy atom. The molecule has 1 aromatic carbocycles. The molecule has 0 radical (unpaired) electrons. The van der Waals surface area contributed by atoms with Gasteiger partial charge in [0.15, 0.2) is 0 Å². The summed E-state index contributed by atoms with van der Waals surface area (Å²) in [7, 11) is -3.67. The lowest BCUT2D eigenvalue weighted by atomic mass is 9.97. The molecule has 166 valence electrons. The van der Waals surface area contributed by atoms with Gasteiger partial charge in [0.25, 0.3) is 0 Å². The summed E-state index contributed by atoms with van der Waals surface area (Å²) in [4.78, 5) is 19.4. The van der Waals surface area contributed by atoms with Crippen molar-refractivity contribution in [2.24, 2.45) is 5.92 Å². The summed E-state index contributed by atoms with van der Waals surface area (Å²) >= 11 is 0. The number of piperidine rings is 1. The van der Waals surface area contributed by atoms with Crippen LogP contribution in [0.15, 0.2) is 47.5 Å². The molecule has 4 rings (SSSR count). The number of nitrogens with zero attached hydrogens (tertiary/aromatic N) is 3. The number of nitrogens with one attached hydrogen (secondary N) is 1. The van der Waals surface area contributed by atoms with Gasteiger partial charge >= 0.3 is 0 Å². The number of hydrogen-bond donors (Lipinski definition) is 1. The zero-order valence-electron chi connectivity index (χ0n) is 17.3. The lowest BCUT2D eigenvalue weighted by Crippen LogP contribution is -2.42. The van der Waals surface area contributed by atoms with Crippen LogP contribution in [0.4, 0.5) is 10.2 Å². The maximum absolute atomic E-state index is 13.1. The Balaban J connectivity index is 1.29. The number of halogens is 1. The van der Waals surface area contributed by atoms with Crippen LogP contribution in [0, 0.1) is 11.7 Å². The Morgan fingerprint density at radius 3 is 2.42 bits per heavy atom. The molecule has 0 bridgehead atoms. The van der Waals surface area contributed by atoms with E-state index in [-0.39, 0.29) is 29.8 Å². The van der Waals surface area contributed by atoms with Crippen molar-refractivity contribution in [3.63, 3.8) is 0 Å². The van der Waals surface area contributed by atoms with Crippen LogP contribution in [0.25, 0.3) is 0 Å². The first-order valence-electron chi connectivity index (χ1n) is 10.7. The first-order valence-corrected chi connectivity index (χ1v) is 12.1. The van der Waals surface area contributed by atoms with Crippen LogP contribution < -0.4 is 10.2 Å². The van der Waals surface area contributed by atoms with E-state index >= 15 is 0 Å². The van der Waals surface area contributed by atoms with E-state index in [1.165, 1.54) is 29.3 Å². The summed E-state index contributed by atoms with van der Waals surface area (Å²) in [5.41, 5.74) is 1.00. The van der Waals surface area contributed by atoms with Gasteiger partial charge in [0.2, 0.25) is 15.9 Å². The highest BCUT2D eigenvalue weighted by Gasteiger charge is 2.32. The Labute approximate surface area is 182 Å². The molecule has 0 saturated carbocycles. The van der Waals surface area contributed by atoms with Crippen LogP contribution in [0.2, 0.25) is 0 Å². The lowest BCUT2D eigenvalue weighted by Gasteiger charge is -2.30. The van der Waals surface area contributed by atoms with Crippen molar-refractivity contribution in [1.29, 1.82) is 0 Å². The molecule has 1 N–H and O–H groups in total. The van der Waals surface area contributed by atoms with E-state index in [9.17, 15) is 17.6 Å². The molecule has 7 nitrogen and oxygen atoms in total. The number of carbonyl (C=O) groups is 1. The van der Waals surface area contributed by atoms with Crippen molar-refractivity contribution in [3.8, 4) is 0 Å². The van der Waals surface area contributed by atoms with Gasteiger partial charge in [-0.3, -0.25) is 4.79 Å². The minimum atomic E-state index is -3.67. The van der Waals surface area contributed by atoms with E-state index in [0.717, 1.165) is 36.6 Å². The first-order chi connectivity index (χ1) is 14.9. The number of hydrogen-bond acceptors (Lipinski definition) is 5. The first kappa shape index (κ1) is 21.7. The molecular formula is C22H27FN4O3S. The van der Waals surface area contributed by atoms with Gasteiger partial charge in [0, 0.05) is 44.8 Å². The molecule has 2 saturated heterocycles. The van der Waals surface area contributed by atoms with Crippen LogP contribution in [0.3, 0.4) is 0 Å². The third-order valence-corrected chi connectivity index (χ3v) is 7.90. The second-order valence-electron chi connectivity index (χ2n) is 8.07. The van der Waals surface area contributed by atoms with Gasteiger partial charge in [-0.1, -0.05) is 0 Å². The van der Waals surface area contributed by atoms with Gasteiger partial charge in [-0.2, -0.15) is 4.31 Å². The Morgan fingerprint density at radius 2 is 1.74 bits per heavy atom. The molecular weight excluding hydrogens is 419 g/mol. The Kier molecular flexibility index (Phi) is 6.52. The summed E-state index contributed by atoms with van der Waals surface area (Å²) < 4.78 is 39.9. The van der Waals surface area contributed by atoms with E-state index in [0.29, 0.717) is 19.4 Å². The average molecular weight is 447 g/mol. The minimum Gasteiger partial charge on any atom is -0.357 e. The van der Waals surface area contributed by atoms with Crippen LogP contribution in [0.5, 0.6) is 0 Å². The molecule has 1 amide bonds. The molecule has 0 aliphatic carbocycles. The quantitative estimate of drug-likeness (QED) is 0.737. The summed E-state index contributed by atoms with van der Waals surface area (Å²) in [6, 6.07) is 8.74. The third kappa shape index (κ3) is 5.04. The largest absolute Gasteiger partial charge is 0.357 e. The smallest absolute Gasteiger partial charge is 0.243 e. The maximum Gasteiger partial charge on any atom is 0.243 e. The number of benzene rings is 1. The van der Waals surface area contributed by atoms with Gasteiger partial charge in [-0.05, 0) is 67.6 Å². The molecule has 9 heteroatoms. The molecule has 2 aliphatic heterocycles. The highest BCUT2D eigenvalue weighted by atomic mass is 32.2. The molecule has 1 aromatic heterocycles. The summed E-state index contributed by atoms with van der Waals surface area (Å²) in [5, 5.41) is 2.98. The number of amides is 1. The van der Waals surface area contributed by atoms with E-state index in [2.05, 4.69) is 15.2 Å². The van der Waals surface area contributed by atoms with Gasteiger partial charge < -0.3 is 10.2 Å². The molecule has 2 aliphatic rings. The second-order valence-corrected chi connectivity index (χ2v) is 10.0. The number of pyridine rings is 1. The van der Waals surface area contributed by atoms with Crippen LogP contribution in [-0.4, -0.2) is 49.8 Å². The van der Waals surface area contributed by atoms with Gasteiger partial charge in [-0.15, -0.1) is 0 Å². The Bertz CT molecular complexity index is 1020. The molecule has 0 atom stereocenters. The van der Waals surface area contributed by atoms with E-state index in [1.807, 2.05) is 12.1 Å². The van der Waals surface area contributed by atoms with Crippen LogP contribution in [-0.2, 0) is 21.4 Å². The average Bonchev–Trinajstić information content (AvgIpc) is 3.33. The highest BCUT2D eigenvalue weighted by molar-refractivity contribution is 7.89. The minimum absolute atomic E-state index is 0.0571. The van der Waals surface area contributed by atoms with Crippen molar-refractivity contribution in [1.82, 2.24) is 14.6 Å². The van der Waals surface area contributed by atoms with Crippen molar-refractivity contribution in [3.05, 3.63) is 54.0 Å². The van der Waals surface area contributed by atoms with Crippen LogP contribution >= 0.6 is 0 Å². The normalized spacial score (nSPS) is 18.3. The summed E-state index contributed by atoms with van der Waals surface area (Å²) in [5.74, 6) is 0.192. The van der Waals surface area contributed by atoms with E-state index < -0.39 is 15.8 Å². The molecule has 2 aromatic rings. The van der Waals surface area contributed by atoms with Crippen molar-refractivity contribution in [2.45, 2.75) is 37.1 Å². The maximum atomic E-state index is 13.1. The number of carbonyl (C=O) groups excluding carboxylic acids is 1. The zero-order valence-corrected chi connectivity index (χ0v) is 18.2. The predicted molar refractivity (Wildman–Crippen MR) is 115 cm³/mol. The SMILES string of the molecule is O=C(NCc1ccnc(N2CCCC2)c1)C1CCN(S(=O)(=O)c2ccc(F)cc2)CC1. The number of anilines is 1. The van der Waals surface area contributed by atoms with Gasteiger partial charge in [0.1, 0.15) is 11.6 Å². The van der Waals surface area contributed by atoms with Crippen LogP contribution in [0.1, 0.15) is 31.2 Å². The van der Waals surface area contributed by atoms with Crippen molar-refractivity contribution < 1.29 is 17.6 Å². The molecule has 31 heavy (non-hydrogen) atoms. The second kappa shape index (κ2) is 9.32. The molecule has 2 fully saturated rings. The van der Waals surface area contributed by atoms with Gasteiger partial charge in [-0.25, -0.2) is 17.8 Å². The topological polar surface area (TPSA) is 82.6 Å². The van der Waals surface area contributed by atoms with E-state index in [4.69, 9.17) is 0 Å². The number of rotatable bonds is 6. The Hall–Kier alpha value is -2.52. The van der Waals surface area contributed by atoms with Crippen molar-refractivity contribution >= 4 is 21.7 Å². The van der Waals surface area contributed by atoms with Gasteiger partial charge in [0.05, 0.1) is 4.90 Å². The number of sulfonamides is 1. The molecule has 0 spiro atoms. The summed E-state index contributed by atoms with van der Waals surface area (Å²) in [6.45, 7) is 3.00.